The molecule has 0 bridgehead atoms. The number of hydrogen-bond acceptors (Lipinski definition) is 9. The number of methoxy groups -OCH3 is 2. The molecule has 9 nitrogen and oxygen atoms in total. The Kier molecular flexibility index (Phi) is 14.3. The molecule has 2 rings (SSSR count). The minimum absolute atomic E-state index is 0.117. The Morgan fingerprint density at radius 2 is 1.00 bits per heavy atom. The first-order valence-corrected chi connectivity index (χ1v) is 14.8. The topological polar surface area (TPSA) is 90.9 Å². The van der Waals surface area contributed by atoms with Crippen molar-refractivity contribution < 1.29 is 43.3 Å². The molecule has 0 aromatic rings. The minimum Gasteiger partial charge on any atom is -0.396 e. The van der Waals surface area contributed by atoms with Crippen LogP contribution in [0.1, 0.15) is 119 Å². The van der Waals surface area contributed by atoms with Crippen molar-refractivity contribution in [3.63, 3.8) is 0 Å². The highest BCUT2D eigenvalue weighted by Crippen LogP contribution is 2.44. The molecule has 0 aromatic heterocycles. The Morgan fingerprint density at radius 3 is 1.26 bits per heavy atom. The summed E-state index contributed by atoms with van der Waals surface area (Å²) in [4.78, 5) is 37.4. The number of carbonyl (C=O) groups is 1. The number of ether oxygens (including phenoxy) is 4. The van der Waals surface area contributed by atoms with Crippen LogP contribution < -0.4 is 0 Å². The van der Waals surface area contributed by atoms with E-state index in [2.05, 4.69) is 0 Å². The number of hydrogen-bond donors (Lipinski definition) is 0. The SMILES string of the molecule is CCC(OC)C(OOC(C)C)(OC(=O)OC(OOC(C)C)(C1CCCCC1)C(CC)OC)C1CCCCC1. The molecule has 0 N–H and O–H groups in total. The fraction of sp³-hybridized carbons (Fsp3) is 0.966. The molecule has 2 saturated carbocycles. The predicted molar refractivity (Wildman–Crippen MR) is 143 cm³/mol. The normalized spacial score (nSPS) is 22.6. The second kappa shape index (κ2) is 16.3. The van der Waals surface area contributed by atoms with E-state index in [0.29, 0.717) is 12.8 Å². The molecular formula is C29H54O9. The molecule has 0 heterocycles. The summed E-state index contributed by atoms with van der Waals surface area (Å²) in [5.41, 5.74) is 0. The summed E-state index contributed by atoms with van der Waals surface area (Å²) in [5, 5.41) is 0. The lowest BCUT2D eigenvalue weighted by Gasteiger charge is -2.46. The van der Waals surface area contributed by atoms with E-state index >= 15 is 0 Å². The average molecular weight is 547 g/mol. The van der Waals surface area contributed by atoms with Gasteiger partial charge in [0.25, 0.3) is 11.6 Å². The first-order valence-electron chi connectivity index (χ1n) is 14.8. The van der Waals surface area contributed by atoms with Gasteiger partial charge in [0.2, 0.25) is 0 Å². The number of carbonyl (C=O) groups excluding carboxylic acids is 1. The van der Waals surface area contributed by atoms with Gasteiger partial charge < -0.3 is 18.9 Å². The zero-order chi connectivity index (χ0) is 28.2. The second-order valence-corrected chi connectivity index (χ2v) is 11.3. The van der Waals surface area contributed by atoms with E-state index in [-0.39, 0.29) is 24.0 Å². The van der Waals surface area contributed by atoms with Gasteiger partial charge in [-0.3, -0.25) is 0 Å². The van der Waals surface area contributed by atoms with Crippen molar-refractivity contribution in [1.82, 2.24) is 0 Å². The summed E-state index contributed by atoms with van der Waals surface area (Å²) >= 11 is 0. The monoisotopic (exact) mass is 546 g/mol. The van der Waals surface area contributed by atoms with E-state index in [0.717, 1.165) is 64.2 Å². The van der Waals surface area contributed by atoms with Crippen molar-refractivity contribution in [2.24, 2.45) is 11.8 Å². The van der Waals surface area contributed by atoms with Crippen LogP contribution >= 0.6 is 0 Å². The van der Waals surface area contributed by atoms with Crippen LogP contribution in [-0.2, 0) is 38.5 Å². The lowest BCUT2D eigenvalue weighted by atomic mass is 9.80. The summed E-state index contributed by atoms with van der Waals surface area (Å²) in [6.07, 6.45) is 8.19. The largest absolute Gasteiger partial charge is 0.513 e. The van der Waals surface area contributed by atoms with Crippen LogP contribution in [0.3, 0.4) is 0 Å². The zero-order valence-corrected chi connectivity index (χ0v) is 25.1. The Morgan fingerprint density at radius 1 is 0.658 bits per heavy atom. The van der Waals surface area contributed by atoms with E-state index in [4.69, 9.17) is 38.5 Å². The van der Waals surface area contributed by atoms with E-state index in [1.165, 1.54) is 0 Å². The second-order valence-electron chi connectivity index (χ2n) is 11.3. The summed E-state index contributed by atoms with van der Waals surface area (Å²) in [6, 6.07) is 0. The lowest BCUT2D eigenvalue weighted by Crippen LogP contribution is -2.59. The Bertz CT molecular complexity index is 598. The number of rotatable bonds is 16. The standard InChI is InChI=1S/C29H54O9/c1-9-25(31-7)28(37-35-21(3)4,23-17-13-11-14-18-23)33-27(30)34-29(26(10-2)32-8,38-36-22(5)6)24-19-15-12-16-20-24/h21-26H,9-20H2,1-8H3. The van der Waals surface area contributed by atoms with Gasteiger partial charge >= 0.3 is 6.16 Å². The van der Waals surface area contributed by atoms with Crippen molar-refractivity contribution >= 4 is 6.16 Å². The molecule has 4 unspecified atom stereocenters. The molecule has 0 aliphatic heterocycles. The molecule has 0 amide bonds. The van der Waals surface area contributed by atoms with Crippen LogP contribution in [0.2, 0.25) is 0 Å². The molecular weight excluding hydrogens is 492 g/mol. The maximum atomic E-state index is 13.9. The fourth-order valence-electron chi connectivity index (χ4n) is 5.97. The van der Waals surface area contributed by atoms with Gasteiger partial charge in [0.1, 0.15) is 12.2 Å². The van der Waals surface area contributed by atoms with Gasteiger partial charge in [-0.25, -0.2) is 14.6 Å². The Hall–Kier alpha value is -0.970. The summed E-state index contributed by atoms with van der Waals surface area (Å²) in [7, 11) is 3.20. The first kappa shape index (κ1) is 33.2. The molecule has 0 saturated heterocycles. The molecule has 0 aromatic carbocycles. The summed E-state index contributed by atoms with van der Waals surface area (Å²) < 4.78 is 24.2. The van der Waals surface area contributed by atoms with Gasteiger partial charge in [0, 0.05) is 26.1 Å². The highest BCUT2D eigenvalue weighted by atomic mass is 17.2. The van der Waals surface area contributed by atoms with Gasteiger partial charge in [0.05, 0.1) is 12.2 Å². The third-order valence-electron chi connectivity index (χ3n) is 7.78. The van der Waals surface area contributed by atoms with Crippen LogP contribution in [0.5, 0.6) is 0 Å². The third kappa shape index (κ3) is 8.51. The van der Waals surface area contributed by atoms with E-state index in [1.54, 1.807) is 14.2 Å². The van der Waals surface area contributed by atoms with Crippen molar-refractivity contribution in [3.8, 4) is 0 Å². The van der Waals surface area contributed by atoms with Crippen molar-refractivity contribution in [1.29, 1.82) is 0 Å². The predicted octanol–water partition coefficient (Wildman–Crippen LogP) is 7.26. The van der Waals surface area contributed by atoms with Crippen LogP contribution in [-0.4, -0.2) is 56.4 Å². The molecule has 2 aliphatic rings. The molecule has 2 aliphatic carbocycles. The zero-order valence-electron chi connectivity index (χ0n) is 25.1. The van der Waals surface area contributed by atoms with Gasteiger partial charge in [-0.1, -0.05) is 52.4 Å². The molecule has 0 spiro atoms. The van der Waals surface area contributed by atoms with E-state index in [1.807, 2.05) is 41.5 Å². The van der Waals surface area contributed by atoms with Gasteiger partial charge in [-0.05, 0) is 66.2 Å². The quantitative estimate of drug-likeness (QED) is 0.0858. The van der Waals surface area contributed by atoms with Crippen molar-refractivity contribution in [2.75, 3.05) is 14.2 Å². The molecule has 224 valence electrons. The van der Waals surface area contributed by atoms with Gasteiger partial charge in [-0.2, -0.15) is 9.78 Å². The van der Waals surface area contributed by atoms with Crippen molar-refractivity contribution in [2.45, 2.75) is 155 Å². The van der Waals surface area contributed by atoms with E-state index in [9.17, 15) is 4.79 Å². The van der Waals surface area contributed by atoms with Crippen molar-refractivity contribution in [3.05, 3.63) is 0 Å². The van der Waals surface area contributed by atoms with Gasteiger partial charge in [0.15, 0.2) is 0 Å². The summed E-state index contributed by atoms with van der Waals surface area (Å²) in [6.45, 7) is 11.4. The van der Waals surface area contributed by atoms with Crippen LogP contribution in [0.4, 0.5) is 4.79 Å². The Balaban J connectivity index is 2.49. The maximum absolute atomic E-state index is 13.9. The highest BCUT2D eigenvalue weighted by Gasteiger charge is 2.56. The fourth-order valence-corrected chi connectivity index (χ4v) is 5.97. The molecule has 2 fully saturated rings. The molecule has 0 radical (unpaired) electrons. The Labute approximate surface area is 230 Å². The van der Waals surface area contributed by atoms with Crippen LogP contribution in [0.25, 0.3) is 0 Å². The lowest BCUT2D eigenvalue weighted by molar-refractivity contribution is -0.482. The van der Waals surface area contributed by atoms with E-state index < -0.39 is 29.9 Å². The first-order chi connectivity index (χ1) is 18.2. The maximum Gasteiger partial charge on any atom is 0.513 e. The molecule has 38 heavy (non-hydrogen) atoms. The minimum atomic E-state index is -1.47. The van der Waals surface area contributed by atoms with Crippen LogP contribution in [0, 0.1) is 11.8 Å². The average Bonchev–Trinajstić information content (AvgIpc) is 2.92. The highest BCUT2D eigenvalue weighted by molar-refractivity contribution is 5.61. The third-order valence-corrected chi connectivity index (χ3v) is 7.78. The van der Waals surface area contributed by atoms with Gasteiger partial charge in [-0.15, -0.1) is 0 Å². The molecule has 4 atom stereocenters. The van der Waals surface area contributed by atoms with Crippen LogP contribution in [0.15, 0.2) is 0 Å². The summed E-state index contributed by atoms with van der Waals surface area (Å²) in [5.74, 6) is -3.18. The smallest absolute Gasteiger partial charge is 0.396 e. The molecule has 9 heteroatoms.